The fourth-order valence-electron chi connectivity index (χ4n) is 3.47. The second-order valence-electron chi connectivity index (χ2n) is 7.01. The number of amides is 2. The van der Waals surface area contributed by atoms with Gasteiger partial charge in [0.15, 0.2) is 0 Å². The summed E-state index contributed by atoms with van der Waals surface area (Å²) in [5, 5.41) is 2.93. The van der Waals surface area contributed by atoms with Crippen LogP contribution in [0.25, 0.3) is 0 Å². The lowest BCUT2D eigenvalue weighted by molar-refractivity contribution is -0.142. The van der Waals surface area contributed by atoms with Crippen molar-refractivity contribution in [2.24, 2.45) is 0 Å². The third-order valence-electron chi connectivity index (χ3n) is 4.93. The number of hydrogen-bond donors (Lipinski definition) is 1. The van der Waals surface area contributed by atoms with Crippen LogP contribution in [0.3, 0.4) is 0 Å². The first kappa shape index (κ1) is 19.0. The number of piperazine rings is 1. The molecule has 1 aromatic carbocycles. The first-order valence-corrected chi connectivity index (χ1v) is 9.06. The van der Waals surface area contributed by atoms with Crippen molar-refractivity contribution in [2.45, 2.75) is 32.5 Å². The molecule has 1 fully saturated rings. The van der Waals surface area contributed by atoms with Gasteiger partial charge in [0.25, 0.3) is 5.91 Å². The van der Waals surface area contributed by atoms with Crippen LogP contribution in [0.1, 0.15) is 28.5 Å². The van der Waals surface area contributed by atoms with Crippen molar-refractivity contribution in [3.63, 3.8) is 0 Å². The number of benzene rings is 1. The summed E-state index contributed by atoms with van der Waals surface area (Å²) in [4.78, 5) is 36.6. The number of likely N-dealkylation sites (N-methyl/N-ethyl adjacent to an activating group) is 1. The lowest BCUT2D eigenvalue weighted by Crippen LogP contribution is -2.62. The molecule has 0 saturated carbocycles. The maximum atomic E-state index is 12.5. The molecule has 1 aromatic heterocycles. The zero-order chi connectivity index (χ0) is 19.4. The lowest BCUT2D eigenvalue weighted by Gasteiger charge is -2.44. The fourth-order valence-corrected chi connectivity index (χ4v) is 3.47. The Morgan fingerprint density at radius 2 is 2.15 bits per heavy atom. The van der Waals surface area contributed by atoms with Gasteiger partial charge < -0.3 is 10.2 Å². The van der Waals surface area contributed by atoms with Crippen molar-refractivity contribution in [3.05, 3.63) is 59.7 Å². The molecule has 7 heteroatoms. The second-order valence-corrected chi connectivity index (χ2v) is 7.01. The minimum absolute atomic E-state index is 0.0174. The van der Waals surface area contributed by atoms with Crippen molar-refractivity contribution >= 4 is 11.8 Å². The molecule has 142 valence electrons. The predicted molar refractivity (Wildman–Crippen MR) is 102 cm³/mol. The van der Waals surface area contributed by atoms with E-state index in [0.717, 1.165) is 5.56 Å². The number of nitrogens with one attached hydrogen (secondary N) is 1. The van der Waals surface area contributed by atoms with Gasteiger partial charge in [0.1, 0.15) is 5.69 Å². The smallest absolute Gasteiger partial charge is 0.271 e. The maximum absolute atomic E-state index is 12.5. The molecule has 2 atom stereocenters. The molecular weight excluding hydrogens is 342 g/mol. The molecule has 2 amide bonds. The summed E-state index contributed by atoms with van der Waals surface area (Å²) in [5.41, 5.74) is 2.63. The highest BCUT2D eigenvalue weighted by atomic mass is 16.2. The topological polar surface area (TPSA) is 78.4 Å². The summed E-state index contributed by atoms with van der Waals surface area (Å²) in [7, 11) is 1.81. The summed E-state index contributed by atoms with van der Waals surface area (Å²) in [6.07, 6.45) is 4.47. The molecule has 0 radical (unpaired) electrons. The van der Waals surface area contributed by atoms with Crippen molar-refractivity contribution in [2.75, 3.05) is 20.1 Å². The summed E-state index contributed by atoms with van der Waals surface area (Å²) < 4.78 is 0. The van der Waals surface area contributed by atoms with Crippen LogP contribution in [0.4, 0.5) is 0 Å². The van der Waals surface area contributed by atoms with Gasteiger partial charge in [-0.05, 0) is 19.4 Å². The molecule has 7 nitrogen and oxygen atoms in total. The molecular formula is C20H25N5O2. The normalized spacial score (nSPS) is 20.6. The van der Waals surface area contributed by atoms with Gasteiger partial charge in [0.05, 0.1) is 12.2 Å². The van der Waals surface area contributed by atoms with Crippen LogP contribution in [0.15, 0.2) is 42.9 Å². The molecule has 0 spiro atoms. The number of aryl methyl sites for hydroxylation is 1. The zero-order valence-corrected chi connectivity index (χ0v) is 15.9. The van der Waals surface area contributed by atoms with E-state index in [-0.39, 0.29) is 29.6 Å². The Kier molecular flexibility index (Phi) is 5.81. The Balaban J connectivity index is 1.73. The van der Waals surface area contributed by atoms with Crippen LogP contribution in [0.5, 0.6) is 0 Å². The number of aromatic nitrogens is 2. The second kappa shape index (κ2) is 8.26. The van der Waals surface area contributed by atoms with E-state index in [1.807, 2.05) is 13.0 Å². The molecule has 27 heavy (non-hydrogen) atoms. The monoisotopic (exact) mass is 367 g/mol. The van der Waals surface area contributed by atoms with Crippen molar-refractivity contribution in [3.8, 4) is 0 Å². The van der Waals surface area contributed by atoms with Gasteiger partial charge in [-0.3, -0.25) is 19.5 Å². The third kappa shape index (κ3) is 4.49. The molecule has 2 heterocycles. The quantitative estimate of drug-likeness (QED) is 0.860. The summed E-state index contributed by atoms with van der Waals surface area (Å²) in [6.45, 7) is 5.64. The molecule has 1 aliphatic rings. The van der Waals surface area contributed by atoms with Crippen LogP contribution in [0, 0.1) is 6.92 Å². The molecule has 0 unspecified atom stereocenters. The van der Waals surface area contributed by atoms with Gasteiger partial charge in [0.2, 0.25) is 5.91 Å². The van der Waals surface area contributed by atoms with E-state index in [1.165, 1.54) is 24.2 Å². The Morgan fingerprint density at radius 1 is 1.33 bits per heavy atom. The van der Waals surface area contributed by atoms with E-state index in [9.17, 15) is 9.59 Å². The molecule has 2 aromatic rings. The van der Waals surface area contributed by atoms with Gasteiger partial charge in [-0.2, -0.15) is 0 Å². The summed E-state index contributed by atoms with van der Waals surface area (Å²) in [6, 6.07) is 8.05. The van der Waals surface area contributed by atoms with E-state index in [4.69, 9.17) is 0 Å². The molecule has 0 bridgehead atoms. The van der Waals surface area contributed by atoms with Crippen LogP contribution in [-0.4, -0.2) is 63.8 Å². The largest absolute Gasteiger partial charge is 0.349 e. The van der Waals surface area contributed by atoms with Crippen LogP contribution in [-0.2, 0) is 11.3 Å². The zero-order valence-electron chi connectivity index (χ0n) is 15.9. The fraction of sp³-hybridized carbons (Fsp3) is 0.400. The van der Waals surface area contributed by atoms with Crippen LogP contribution < -0.4 is 5.32 Å². The molecule has 1 N–H and O–H groups in total. The van der Waals surface area contributed by atoms with Crippen LogP contribution in [0.2, 0.25) is 0 Å². The number of carbonyl (C=O) groups is 2. The van der Waals surface area contributed by atoms with Crippen molar-refractivity contribution in [1.29, 1.82) is 0 Å². The van der Waals surface area contributed by atoms with Gasteiger partial charge >= 0.3 is 0 Å². The Labute approximate surface area is 159 Å². The standard InChI is InChI=1S/C20H25N5O2/c1-14-5-4-6-16(9-14)12-25-15(2)20(27)24(3)13-17(25)10-23-19(26)18-11-21-7-8-22-18/h4-9,11,15,17H,10,12-13H2,1-3H3,(H,23,26)/t15-,17+/m0/s1. The summed E-state index contributed by atoms with van der Waals surface area (Å²) in [5.74, 6) is -0.162. The highest BCUT2D eigenvalue weighted by Gasteiger charge is 2.36. The molecule has 3 rings (SSSR count). The third-order valence-corrected chi connectivity index (χ3v) is 4.93. The maximum Gasteiger partial charge on any atom is 0.271 e. The van der Waals surface area contributed by atoms with E-state index in [0.29, 0.717) is 19.6 Å². The Bertz CT molecular complexity index is 811. The lowest BCUT2D eigenvalue weighted by atomic mass is 10.0. The Morgan fingerprint density at radius 3 is 2.85 bits per heavy atom. The molecule has 1 saturated heterocycles. The summed E-state index contributed by atoms with van der Waals surface area (Å²) >= 11 is 0. The number of rotatable bonds is 5. The van der Waals surface area contributed by atoms with Gasteiger partial charge in [-0.1, -0.05) is 29.8 Å². The molecule has 1 aliphatic heterocycles. The highest BCUT2D eigenvalue weighted by molar-refractivity contribution is 5.91. The van der Waals surface area contributed by atoms with Crippen LogP contribution >= 0.6 is 0 Å². The first-order valence-electron chi connectivity index (χ1n) is 9.06. The average molecular weight is 367 g/mol. The average Bonchev–Trinajstić information content (AvgIpc) is 2.67. The number of nitrogens with zero attached hydrogens (tertiary/aromatic N) is 4. The number of carbonyl (C=O) groups excluding carboxylic acids is 2. The van der Waals surface area contributed by atoms with Gasteiger partial charge in [0, 0.05) is 45.1 Å². The van der Waals surface area contributed by atoms with E-state index < -0.39 is 0 Å². The molecule has 0 aliphatic carbocycles. The van der Waals surface area contributed by atoms with E-state index in [1.54, 1.807) is 11.9 Å². The van der Waals surface area contributed by atoms with E-state index >= 15 is 0 Å². The first-order chi connectivity index (χ1) is 13.0. The number of hydrogen-bond acceptors (Lipinski definition) is 5. The van der Waals surface area contributed by atoms with Crippen molar-refractivity contribution < 1.29 is 9.59 Å². The minimum atomic E-state index is -0.259. The van der Waals surface area contributed by atoms with E-state index in [2.05, 4.69) is 45.3 Å². The Hall–Kier alpha value is -2.80. The highest BCUT2D eigenvalue weighted by Crippen LogP contribution is 2.20. The predicted octanol–water partition coefficient (Wildman–Crippen LogP) is 1.25. The van der Waals surface area contributed by atoms with Gasteiger partial charge in [-0.25, -0.2) is 4.98 Å². The SMILES string of the molecule is Cc1cccc(CN2[C@H](CNC(=O)c3cnccn3)CN(C)C(=O)[C@@H]2C)c1. The minimum Gasteiger partial charge on any atom is -0.349 e. The van der Waals surface area contributed by atoms with Crippen molar-refractivity contribution in [1.82, 2.24) is 25.1 Å². The van der Waals surface area contributed by atoms with Gasteiger partial charge in [-0.15, -0.1) is 0 Å².